The van der Waals surface area contributed by atoms with E-state index in [1.165, 1.54) is 0 Å². The third-order valence-corrected chi connectivity index (χ3v) is 2.74. The van der Waals surface area contributed by atoms with Crippen molar-refractivity contribution in [3.8, 4) is 0 Å². The van der Waals surface area contributed by atoms with Crippen LogP contribution in [0.2, 0.25) is 0 Å². The van der Waals surface area contributed by atoms with Crippen molar-refractivity contribution in [1.29, 1.82) is 0 Å². The summed E-state index contributed by atoms with van der Waals surface area (Å²) in [5.74, 6) is -0.121. The summed E-state index contributed by atoms with van der Waals surface area (Å²) in [4.78, 5) is 23.0. The van der Waals surface area contributed by atoms with Crippen molar-refractivity contribution in [2.75, 3.05) is 5.32 Å². The Kier molecular flexibility index (Phi) is 5.36. The van der Waals surface area contributed by atoms with E-state index in [1.54, 1.807) is 31.2 Å². The average molecular weight is 248 g/mol. The van der Waals surface area contributed by atoms with Gasteiger partial charge in [0.15, 0.2) is 0 Å². The highest BCUT2D eigenvalue weighted by Gasteiger charge is 2.08. The average Bonchev–Trinajstić information content (AvgIpc) is 2.39. The van der Waals surface area contributed by atoms with E-state index in [4.69, 9.17) is 0 Å². The highest BCUT2D eigenvalue weighted by atomic mass is 16.2. The second-order valence-corrected chi connectivity index (χ2v) is 4.26. The molecule has 0 heterocycles. The van der Waals surface area contributed by atoms with E-state index < -0.39 is 0 Å². The Hall–Kier alpha value is -1.84. The fourth-order valence-electron chi connectivity index (χ4n) is 1.36. The molecule has 4 heteroatoms. The highest BCUT2D eigenvalue weighted by Crippen LogP contribution is 2.10. The zero-order valence-corrected chi connectivity index (χ0v) is 11.1. The molecule has 1 aromatic rings. The number of nitrogens with one attached hydrogen (secondary N) is 2. The van der Waals surface area contributed by atoms with Crippen LogP contribution in [0.15, 0.2) is 24.3 Å². The molecule has 0 saturated carbocycles. The fraction of sp³-hybridized carbons (Fsp3) is 0.429. The van der Waals surface area contributed by atoms with Gasteiger partial charge in [0.25, 0.3) is 5.91 Å². The van der Waals surface area contributed by atoms with Crippen molar-refractivity contribution < 1.29 is 9.59 Å². The van der Waals surface area contributed by atoms with Crippen LogP contribution < -0.4 is 10.6 Å². The smallest absolute Gasteiger partial charge is 0.251 e. The largest absolute Gasteiger partial charge is 0.350 e. The second-order valence-electron chi connectivity index (χ2n) is 4.26. The van der Waals surface area contributed by atoms with Crippen LogP contribution in [0.5, 0.6) is 0 Å². The first-order valence-corrected chi connectivity index (χ1v) is 6.27. The molecule has 98 valence electrons. The molecule has 0 spiro atoms. The van der Waals surface area contributed by atoms with Crippen LogP contribution in [0.25, 0.3) is 0 Å². The summed E-state index contributed by atoms with van der Waals surface area (Å²) >= 11 is 0. The maximum atomic E-state index is 11.8. The minimum absolute atomic E-state index is 0.0354. The van der Waals surface area contributed by atoms with E-state index in [9.17, 15) is 9.59 Å². The Labute approximate surface area is 108 Å². The van der Waals surface area contributed by atoms with E-state index in [-0.39, 0.29) is 17.9 Å². The highest BCUT2D eigenvalue weighted by molar-refractivity contribution is 5.95. The molecule has 0 radical (unpaired) electrons. The lowest BCUT2D eigenvalue weighted by molar-refractivity contribution is -0.115. The van der Waals surface area contributed by atoms with Gasteiger partial charge in [-0.05, 0) is 37.6 Å². The Balaban J connectivity index is 2.65. The summed E-state index contributed by atoms with van der Waals surface area (Å²) < 4.78 is 0. The lowest BCUT2D eigenvalue weighted by atomic mass is 10.1. The van der Waals surface area contributed by atoms with Gasteiger partial charge in [-0.2, -0.15) is 0 Å². The second kappa shape index (κ2) is 6.79. The molecule has 1 aromatic carbocycles. The van der Waals surface area contributed by atoms with Gasteiger partial charge in [-0.1, -0.05) is 13.8 Å². The number of anilines is 1. The maximum Gasteiger partial charge on any atom is 0.251 e. The zero-order chi connectivity index (χ0) is 13.5. The van der Waals surface area contributed by atoms with Gasteiger partial charge < -0.3 is 10.6 Å². The third kappa shape index (κ3) is 4.20. The number of benzene rings is 1. The first kappa shape index (κ1) is 14.2. The van der Waals surface area contributed by atoms with Crippen LogP contribution in [0.4, 0.5) is 5.69 Å². The fourth-order valence-corrected chi connectivity index (χ4v) is 1.36. The number of carbonyl (C=O) groups excluding carboxylic acids is 2. The van der Waals surface area contributed by atoms with Crippen LogP contribution in [0, 0.1) is 0 Å². The van der Waals surface area contributed by atoms with E-state index in [0.29, 0.717) is 17.7 Å². The molecular formula is C14H20N2O2. The summed E-state index contributed by atoms with van der Waals surface area (Å²) in [7, 11) is 0. The van der Waals surface area contributed by atoms with Crippen molar-refractivity contribution in [3.05, 3.63) is 29.8 Å². The number of amides is 2. The van der Waals surface area contributed by atoms with E-state index >= 15 is 0 Å². The van der Waals surface area contributed by atoms with Crippen LogP contribution in [0.1, 0.15) is 44.0 Å². The molecule has 1 rings (SSSR count). The zero-order valence-electron chi connectivity index (χ0n) is 11.1. The summed E-state index contributed by atoms with van der Waals surface area (Å²) in [6.45, 7) is 5.78. The van der Waals surface area contributed by atoms with Gasteiger partial charge in [-0.15, -0.1) is 0 Å². The Morgan fingerprint density at radius 2 is 1.78 bits per heavy atom. The number of rotatable bonds is 5. The molecule has 2 amide bonds. The normalized spacial score (nSPS) is 11.7. The van der Waals surface area contributed by atoms with Crippen LogP contribution in [-0.2, 0) is 4.79 Å². The summed E-state index contributed by atoms with van der Waals surface area (Å²) in [6, 6.07) is 7.06. The van der Waals surface area contributed by atoms with Gasteiger partial charge in [0.1, 0.15) is 0 Å². The molecule has 2 N–H and O–H groups in total. The van der Waals surface area contributed by atoms with Crippen molar-refractivity contribution in [1.82, 2.24) is 5.32 Å². The SMILES string of the molecule is CCC(=O)Nc1ccc(C(=O)N[C@@H](C)CC)cc1. The van der Waals surface area contributed by atoms with E-state index in [1.807, 2.05) is 13.8 Å². The van der Waals surface area contributed by atoms with Crippen molar-refractivity contribution in [3.63, 3.8) is 0 Å². The van der Waals surface area contributed by atoms with Gasteiger partial charge in [0.05, 0.1) is 0 Å². The molecule has 0 aliphatic rings. The van der Waals surface area contributed by atoms with Gasteiger partial charge in [0.2, 0.25) is 5.91 Å². The lowest BCUT2D eigenvalue weighted by Crippen LogP contribution is -2.31. The summed E-state index contributed by atoms with van der Waals surface area (Å²) in [6.07, 6.45) is 1.34. The van der Waals surface area contributed by atoms with Crippen molar-refractivity contribution in [2.24, 2.45) is 0 Å². The van der Waals surface area contributed by atoms with Gasteiger partial charge >= 0.3 is 0 Å². The molecule has 0 bridgehead atoms. The van der Waals surface area contributed by atoms with Gasteiger partial charge in [-0.3, -0.25) is 9.59 Å². The first-order valence-electron chi connectivity index (χ1n) is 6.27. The quantitative estimate of drug-likeness (QED) is 0.841. The van der Waals surface area contributed by atoms with E-state index in [2.05, 4.69) is 10.6 Å². The summed E-state index contributed by atoms with van der Waals surface area (Å²) in [5, 5.41) is 5.63. The molecule has 4 nitrogen and oxygen atoms in total. The van der Waals surface area contributed by atoms with Crippen LogP contribution in [-0.4, -0.2) is 17.9 Å². The molecular weight excluding hydrogens is 228 g/mol. The Morgan fingerprint density at radius 3 is 2.28 bits per heavy atom. The van der Waals surface area contributed by atoms with Crippen LogP contribution in [0.3, 0.4) is 0 Å². The summed E-state index contributed by atoms with van der Waals surface area (Å²) in [5.41, 5.74) is 1.31. The number of carbonyl (C=O) groups is 2. The molecule has 0 aromatic heterocycles. The van der Waals surface area contributed by atoms with E-state index in [0.717, 1.165) is 6.42 Å². The lowest BCUT2D eigenvalue weighted by Gasteiger charge is -2.11. The molecule has 18 heavy (non-hydrogen) atoms. The minimum Gasteiger partial charge on any atom is -0.350 e. The monoisotopic (exact) mass is 248 g/mol. The predicted molar refractivity (Wildman–Crippen MR) is 72.6 cm³/mol. The molecule has 0 unspecified atom stereocenters. The van der Waals surface area contributed by atoms with Crippen molar-refractivity contribution in [2.45, 2.75) is 39.7 Å². The maximum absolute atomic E-state index is 11.8. The Morgan fingerprint density at radius 1 is 1.17 bits per heavy atom. The minimum atomic E-state index is -0.0854. The first-order chi connectivity index (χ1) is 8.56. The number of hydrogen-bond donors (Lipinski definition) is 2. The standard InChI is InChI=1S/C14H20N2O2/c1-4-10(3)15-14(18)11-6-8-12(9-7-11)16-13(17)5-2/h6-10H,4-5H2,1-3H3,(H,15,18)(H,16,17)/t10-/m0/s1. The van der Waals surface area contributed by atoms with Crippen molar-refractivity contribution >= 4 is 17.5 Å². The van der Waals surface area contributed by atoms with Crippen LogP contribution >= 0.6 is 0 Å². The predicted octanol–water partition coefficient (Wildman–Crippen LogP) is 2.56. The Bertz CT molecular complexity index is 412. The third-order valence-electron chi connectivity index (χ3n) is 2.74. The molecule has 0 aliphatic heterocycles. The van der Waals surface area contributed by atoms with Gasteiger partial charge in [0, 0.05) is 23.7 Å². The number of hydrogen-bond acceptors (Lipinski definition) is 2. The molecule has 0 fully saturated rings. The molecule has 1 atom stereocenters. The molecule has 0 aliphatic carbocycles. The topological polar surface area (TPSA) is 58.2 Å². The molecule has 0 saturated heterocycles. The van der Waals surface area contributed by atoms with Gasteiger partial charge in [-0.25, -0.2) is 0 Å².